The molecule has 8 heteroatoms. The van der Waals surface area contributed by atoms with Gasteiger partial charge in [-0.15, -0.1) is 11.8 Å². The van der Waals surface area contributed by atoms with Gasteiger partial charge in [-0.2, -0.15) is 4.98 Å². The maximum Gasteiger partial charge on any atom is 0.349 e. The van der Waals surface area contributed by atoms with Crippen LogP contribution in [0.3, 0.4) is 0 Å². The molecule has 28 heavy (non-hydrogen) atoms. The largest absolute Gasteiger partial charge is 0.349 e. The van der Waals surface area contributed by atoms with Crippen molar-refractivity contribution in [1.29, 1.82) is 0 Å². The normalized spacial score (nSPS) is 12.7. The van der Waals surface area contributed by atoms with Crippen molar-refractivity contribution in [2.24, 2.45) is 0 Å². The van der Waals surface area contributed by atoms with Gasteiger partial charge in [0, 0.05) is 41.5 Å². The molecule has 1 aliphatic carbocycles. The van der Waals surface area contributed by atoms with Gasteiger partial charge in [0.15, 0.2) is 0 Å². The van der Waals surface area contributed by atoms with E-state index in [-0.39, 0.29) is 11.4 Å². The number of nitro benzene ring substituents is 1. The van der Waals surface area contributed by atoms with Gasteiger partial charge in [0.1, 0.15) is 5.03 Å². The van der Waals surface area contributed by atoms with Crippen LogP contribution in [0.15, 0.2) is 58.6 Å². The summed E-state index contributed by atoms with van der Waals surface area (Å²) >= 11 is 1.52. The molecule has 7 nitrogen and oxygen atoms in total. The maximum absolute atomic E-state index is 12.7. The lowest BCUT2D eigenvalue weighted by Gasteiger charge is -2.14. The molecular formula is C20H18N4O3S. The van der Waals surface area contributed by atoms with Gasteiger partial charge in [-0.1, -0.05) is 12.1 Å². The van der Waals surface area contributed by atoms with E-state index >= 15 is 0 Å². The molecule has 0 spiro atoms. The summed E-state index contributed by atoms with van der Waals surface area (Å²) in [7, 11) is 0. The van der Waals surface area contributed by atoms with Crippen molar-refractivity contribution in [3.63, 3.8) is 0 Å². The van der Waals surface area contributed by atoms with Gasteiger partial charge in [-0.05, 0) is 42.5 Å². The molecule has 0 amide bonds. The quantitative estimate of drug-likeness (QED) is 0.275. The molecule has 0 N–H and O–H groups in total. The topological polar surface area (TPSA) is 90.9 Å². The number of rotatable bonds is 6. The van der Waals surface area contributed by atoms with Crippen LogP contribution in [0, 0.1) is 10.1 Å². The van der Waals surface area contributed by atoms with Crippen molar-refractivity contribution >= 4 is 17.4 Å². The molecule has 0 aliphatic heterocycles. The molecule has 0 fully saturated rings. The third-order valence-electron chi connectivity index (χ3n) is 4.81. The van der Waals surface area contributed by atoms with E-state index in [4.69, 9.17) is 0 Å². The summed E-state index contributed by atoms with van der Waals surface area (Å²) in [6, 6.07) is 10.3. The van der Waals surface area contributed by atoms with E-state index in [1.807, 2.05) is 12.1 Å². The van der Waals surface area contributed by atoms with E-state index in [0.717, 1.165) is 46.7 Å². The molecule has 142 valence electrons. The summed E-state index contributed by atoms with van der Waals surface area (Å²) < 4.78 is 1.77. The van der Waals surface area contributed by atoms with Crippen LogP contribution >= 0.6 is 11.8 Å². The highest BCUT2D eigenvalue weighted by molar-refractivity contribution is 7.98. The smallest absolute Gasteiger partial charge is 0.292 e. The Kier molecular flexibility index (Phi) is 5.21. The molecule has 1 aromatic carbocycles. The Morgan fingerprint density at radius 2 is 1.82 bits per heavy atom. The summed E-state index contributed by atoms with van der Waals surface area (Å²) in [5.41, 5.74) is 4.06. The van der Waals surface area contributed by atoms with E-state index in [1.54, 1.807) is 29.1 Å². The number of nitrogens with zero attached hydrogens (tertiary/aromatic N) is 4. The van der Waals surface area contributed by atoms with Gasteiger partial charge >= 0.3 is 5.69 Å². The van der Waals surface area contributed by atoms with Crippen LogP contribution in [0.1, 0.15) is 28.8 Å². The molecule has 4 rings (SSSR count). The first-order valence-electron chi connectivity index (χ1n) is 8.99. The lowest BCUT2D eigenvalue weighted by Crippen LogP contribution is -2.27. The van der Waals surface area contributed by atoms with Crippen LogP contribution in [0.2, 0.25) is 0 Å². The molecule has 0 saturated heterocycles. The maximum atomic E-state index is 12.7. The number of fused-ring (bicyclic) bond motifs is 1. The average Bonchev–Trinajstić information content (AvgIpc) is 3.20. The van der Waals surface area contributed by atoms with Gasteiger partial charge in [0.25, 0.3) is 5.69 Å². The van der Waals surface area contributed by atoms with Crippen molar-refractivity contribution in [2.75, 3.05) is 0 Å². The Morgan fingerprint density at radius 3 is 2.54 bits per heavy atom. The number of pyridine rings is 1. The van der Waals surface area contributed by atoms with Gasteiger partial charge in [-0.25, -0.2) is 4.79 Å². The highest BCUT2D eigenvalue weighted by Crippen LogP contribution is 2.31. The Morgan fingerprint density at radius 1 is 1.07 bits per heavy atom. The zero-order chi connectivity index (χ0) is 19.5. The lowest BCUT2D eigenvalue weighted by atomic mass is 10.2. The van der Waals surface area contributed by atoms with E-state index in [9.17, 15) is 14.9 Å². The number of thioether (sulfide) groups is 1. The SMILES string of the molecule is O=c1nc(SCc2ccc([N+](=O)[O-])cc2)c2c(n1Cc1ccncc1)CCC2. The van der Waals surface area contributed by atoms with E-state index in [1.165, 1.54) is 23.9 Å². The number of benzene rings is 1. The first-order chi connectivity index (χ1) is 13.6. The van der Waals surface area contributed by atoms with Gasteiger partial charge in [0.2, 0.25) is 0 Å². The molecule has 0 unspecified atom stereocenters. The Hall–Kier alpha value is -3.00. The lowest BCUT2D eigenvalue weighted by molar-refractivity contribution is -0.384. The predicted molar refractivity (Wildman–Crippen MR) is 107 cm³/mol. The molecule has 1 aliphatic rings. The van der Waals surface area contributed by atoms with E-state index < -0.39 is 4.92 Å². The fourth-order valence-electron chi connectivity index (χ4n) is 3.40. The van der Waals surface area contributed by atoms with Crippen LogP contribution < -0.4 is 5.69 Å². The Bertz CT molecular complexity index is 1070. The number of non-ortho nitro benzene ring substituents is 1. The standard InChI is InChI=1S/C20H18N4O3S/c25-20-22-19(28-13-15-4-6-16(7-5-15)24(26)27)17-2-1-3-18(17)23(20)12-14-8-10-21-11-9-14/h4-11H,1-3,12-13H2. The zero-order valence-corrected chi connectivity index (χ0v) is 15.9. The highest BCUT2D eigenvalue weighted by Gasteiger charge is 2.22. The number of nitro groups is 1. The first-order valence-corrected chi connectivity index (χ1v) is 9.98. The summed E-state index contributed by atoms with van der Waals surface area (Å²) in [4.78, 5) is 31.4. The highest BCUT2D eigenvalue weighted by atomic mass is 32.2. The summed E-state index contributed by atoms with van der Waals surface area (Å²) in [6.07, 6.45) is 6.26. The zero-order valence-electron chi connectivity index (χ0n) is 15.1. The molecule has 0 radical (unpaired) electrons. The average molecular weight is 394 g/mol. The van der Waals surface area contributed by atoms with Crippen molar-refractivity contribution in [1.82, 2.24) is 14.5 Å². The van der Waals surface area contributed by atoms with Crippen LogP contribution in [0.25, 0.3) is 0 Å². The minimum atomic E-state index is -0.409. The fraction of sp³-hybridized carbons (Fsp3) is 0.250. The molecule has 0 saturated carbocycles. The van der Waals surface area contributed by atoms with Gasteiger partial charge in [-0.3, -0.25) is 19.7 Å². The molecule has 2 heterocycles. The molecular weight excluding hydrogens is 376 g/mol. The summed E-state index contributed by atoms with van der Waals surface area (Å²) in [6.45, 7) is 0.504. The molecule has 0 bridgehead atoms. The van der Waals surface area contributed by atoms with Crippen molar-refractivity contribution in [3.05, 3.63) is 91.8 Å². The minimum absolute atomic E-state index is 0.0754. The number of hydrogen-bond donors (Lipinski definition) is 0. The van der Waals surface area contributed by atoms with E-state index in [0.29, 0.717) is 12.3 Å². The van der Waals surface area contributed by atoms with E-state index in [2.05, 4.69) is 9.97 Å². The Balaban J connectivity index is 1.57. The van der Waals surface area contributed by atoms with Crippen LogP contribution in [0.5, 0.6) is 0 Å². The van der Waals surface area contributed by atoms with Crippen molar-refractivity contribution in [3.8, 4) is 0 Å². The number of aromatic nitrogens is 3. The van der Waals surface area contributed by atoms with Crippen LogP contribution in [-0.2, 0) is 25.1 Å². The van der Waals surface area contributed by atoms with Gasteiger partial charge < -0.3 is 0 Å². The predicted octanol–water partition coefficient (Wildman–Crippen LogP) is 3.38. The van der Waals surface area contributed by atoms with Gasteiger partial charge in [0.05, 0.1) is 11.5 Å². The molecule has 2 aromatic heterocycles. The fourth-order valence-corrected chi connectivity index (χ4v) is 4.44. The van der Waals surface area contributed by atoms with Crippen molar-refractivity contribution in [2.45, 2.75) is 36.6 Å². The first kappa shape index (κ1) is 18.4. The monoisotopic (exact) mass is 394 g/mol. The molecule has 3 aromatic rings. The summed E-state index contributed by atoms with van der Waals surface area (Å²) in [5, 5.41) is 11.5. The second-order valence-electron chi connectivity index (χ2n) is 6.63. The third-order valence-corrected chi connectivity index (χ3v) is 5.90. The second-order valence-corrected chi connectivity index (χ2v) is 7.60. The van der Waals surface area contributed by atoms with Crippen LogP contribution in [0.4, 0.5) is 5.69 Å². The minimum Gasteiger partial charge on any atom is -0.292 e. The molecule has 0 atom stereocenters. The summed E-state index contributed by atoms with van der Waals surface area (Å²) in [5.74, 6) is 0.616. The van der Waals surface area contributed by atoms with Crippen molar-refractivity contribution < 1.29 is 4.92 Å². The van der Waals surface area contributed by atoms with Crippen LogP contribution in [-0.4, -0.2) is 19.5 Å². The number of hydrogen-bond acceptors (Lipinski definition) is 6. The third kappa shape index (κ3) is 3.82. The second kappa shape index (κ2) is 7.93. The Labute approximate surface area is 165 Å².